The molecule has 0 fully saturated rings. The van der Waals surface area contributed by atoms with Crippen LogP contribution in [0.5, 0.6) is 0 Å². The average molecular weight is 475 g/mol. The molecule has 3 rings (SSSR count). The van der Waals surface area contributed by atoms with Crippen LogP contribution in [0.4, 0.5) is 10.7 Å². The number of amides is 1. The summed E-state index contributed by atoms with van der Waals surface area (Å²) in [5, 5.41) is 14.8. The maximum atomic E-state index is 12.4. The van der Waals surface area contributed by atoms with Gasteiger partial charge in [-0.2, -0.15) is 0 Å². The molecule has 0 bridgehead atoms. The molecule has 0 atom stereocenters. The molecule has 0 aliphatic heterocycles. The molecule has 0 spiro atoms. The number of carbonyl (C=O) groups is 1. The Labute approximate surface area is 180 Å². The molecule has 0 aliphatic carbocycles. The van der Waals surface area contributed by atoms with E-state index in [9.17, 15) is 14.9 Å². The summed E-state index contributed by atoms with van der Waals surface area (Å²) >= 11 is 4.04. The minimum absolute atomic E-state index is 0.124. The first-order valence-electron chi connectivity index (χ1n) is 9.00. The maximum Gasteiger partial charge on any atom is 0.358 e. The second-order valence-electron chi connectivity index (χ2n) is 6.33. The standard InChI is InChI=1S/C20H19BrN4O3S/c1-2-3-9-23-13-10-14(12-7-5-4-6-8-12)16(18(22)26)15(11-13)19-24-17(21)20(29-19)25(27)28/h4-8,10-11,23H,2-3,9H2,1H3,(H2,22,26). The van der Waals surface area contributed by atoms with Crippen LogP contribution < -0.4 is 11.1 Å². The third-order valence-electron chi connectivity index (χ3n) is 4.29. The Kier molecular flexibility index (Phi) is 6.60. The molecule has 3 aromatic rings. The van der Waals surface area contributed by atoms with Crippen molar-refractivity contribution in [2.45, 2.75) is 19.8 Å². The first-order chi connectivity index (χ1) is 13.9. The lowest BCUT2D eigenvalue weighted by molar-refractivity contribution is -0.381. The van der Waals surface area contributed by atoms with Gasteiger partial charge in [0.1, 0.15) is 5.01 Å². The number of benzene rings is 2. The molecule has 0 unspecified atom stereocenters. The van der Waals surface area contributed by atoms with E-state index < -0.39 is 10.8 Å². The third-order valence-corrected chi connectivity index (χ3v) is 6.15. The predicted octanol–water partition coefficient (Wildman–Crippen LogP) is 5.46. The van der Waals surface area contributed by atoms with Gasteiger partial charge in [-0.25, -0.2) is 4.98 Å². The molecular weight excluding hydrogens is 456 g/mol. The number of unbranched alkanes of at least 4 members (excludes halogenated alkanes) is 1. The van der Waals surface area contributed by atoms with Gasteiger partial charge in [-0.15, -0.1) is 0 Å². The Morgan fingerprint density at radius 1 is 1.28 bits per heavy atom. The van der Waals surface area contributed by atoms with Gasteiger partial charge >= 0.3 is 5.00 Å². The van der Waals surface area contributed by atoms with Crippen molar-refractivity contribution in [2.75, 3.05) is 11.9 Å². The molecule has 0 saturated carbocycles. The van der Waals surface area contributed by atoms with E-state index in [1.165, 1.54) is 0 Å². The number of anilines is 1. The third kappa shape index (κ3) is 4.63. The minimum Gasteiger partial charge on any atom is -0.385 e. The van der Waals surface area contributed by atoms with E-state index in [1.807, 2.05) is 36.4 Å². The van der Waals surface area contributed by atoms with Gasteiger partial charge in [0.2, 0.25) is 5.91 Å². The highest BCUT2D eigenvalue weighted by Crippen LogP contribution is 2.41. The lowest BCUT2D eigenvalue weighted by atomic mass is 9.94. The van der Waals surface area contributed by atoms with Crippen LogP contribution in [0.1, 0.15) is 30.1 Å². The van der Waals surface area contributed by atoms with Gasteiger partial charge in [-0.1, -0.05) is 43.7 Å². The predicted molar refractivity (Wildman–Crippen MR) is 119 cm³/mol. The average Bonchev–Trinajstić information content (AvgIpc) is 3.10. The van der Waals surface area contributed by atoms with Crippen molar-refractivity contribution in [3.05, 3.63) is 62.7 Å². The van der Waals surface area contributed by atoms with Crippen LogP contribution in [0.3, 0.4) is 0 Å². The molecule has 29 heavy (non-hydrogen) atoms. The van der Waals surface area contributed by atoms with Gasteiger partial charge in [0, 0.05) is 17.8 Å². The maximum absolute atomic E-state index is 12.4. The molecule has 9 heteroatoms. The zero-order valence-corrected chi connectivity index (χ0v) is 18.0. The summed E-state index contributed by atoms with van der Waals surface area (Å²) in [5.74, 6) is -0.618. The first kappa shape index (κ1) is 20.9. The molecule has 2 aromatic carbocycles. The van der Waals surface area contributed by atoms with Gasteiger partial charge in [0.25, 0.3) is 0 Å². The van der Waals surface area contributed by atoms with E-state index in [2.05, 4.69) is 33.2 Å². The fourth-order valence-corrected chi connectivity index (χ4v) is 4.43. The summed E-state index contributed by atoms with van der Waals surface area (Å²) < 4.78 is 0.128. The van der Waals surface area contributed by atoms with Crippen LogP contribution in [-0.4, -0.2) is 22.4 Å². The molecule has 1 aromatic heterocycles. The number of carbonyl (C=O) groups excluding carboxylic acids is 1. The van der Waals surface area contributed by atoms with Crippen LogP contribution >= 0.6 is 27.3 Å². The summed E-state index contributed by atoms with van der Waals surface area (Å²) in [5.41, 5.74) is 8.77. The lowest BCUT2D eigenvalue weighted by Crippen LogP contribution is -2.15. The van der Waals surface area contributed by atoms with Crippen molar-refractivity contribution in [2.24, 2.45) is 5.73 Å². The fourth-order valence-electron chi connectivity index (χ4n) is 2.95. The first-order valence-corrected chi connectivity index (χ1v) is 10.6. The topological polar surface area (TPSA) is 111 Å². The zero-order valence-electron chi connectivity index (χ0n) is 15.6. The van der Waals surface area contributed by atoms with Crippen molar-refractivity contribution in [3.8, 4) is 21.7 Å². The Morgan fingerprint density at radius 3 is 2.55 bits per heavy atom. The number of primary amides is 1. The summed E-state index contributed by atoms with van der Waals surface area (Å²) in [4.78, 5) is 27.4. The highest BCUT2D eigenvalue weighted by Gasteiger charge is 2.25. The number of rotatable bonds is 8. The Balaban J connectivity index is 2.24. The summed E-state index contributed by atoms with van der Waals surface area (Å²) in [7, 11) is 0. The molecule has 3 N–H and O–H groups in total. The molecule has 1 amide bonds. The van der Waals surface area contributed by atoms with Gasteiger partial charge < -0.3 is 11.1 Å². The number of nitrogens with zero attached hydrogens (tertiary/aromatic N) is 2. The van der Waals surface area contributed by atoms with E-state index in [0.29, 0.717) is 16.1 Å². The van der Waals surface area contributed by atoms with Crippen LogP contribution in [0.2, 0.25) is 0 Å². The van der Waals surface area contributed by atoms with Crippen molar-refractivity contribution >= 4 is 43.9 Å². The number of thiazole rings is 1. The Bertz CT molecular complexity index is 1050. The molecule has 1 heterocycles. The number of nitrogens with one attached hydrogen (secondary N) is 1. The molecule has 150 valence electrons. The molecule has 0 radical (unpaired) electrons. The molecular formula is C20H19BrN4O3S. The van der Waals surface area contributed by atoms with E-state index in [4.69, 9.17) is 5.73 Å². The normalized spacial score (nSPS) is 10.7. The number of aromatic nitrogens is 1. The highest BCUT2D eigenvalue weighted by molar-refractivity contribution is 9.10. The largest absolute Gasteiger partial charge is 0.385 e. The van der Waals surface area contributed by atoms with Crippen molar-refractivity contribution < 1.29 is 9.72 Å². The van der Waals surface area contributed by atoms with Gasteiger partial charge in [0.15, 0.2) is 4.60 Å². The van der Waals surface area contributed by atoms with E-state index in [0.717, 1.165) is 42.0 Å². The zero-order chi connectivity index (χ0) is 21.0. The van der Waals surface area contributed by atoms with Crippen LogP contribution in [0.15, 0.2) is 47.1 Å². The number of nitrogens with two attached hydrogens (primary N) is 1. The number of halogens is 1. The molecule has 0 aliphatic rings. The Hall–Kier alpha value is -2.78. The van der Waals surface area contributed by atoms with E-state index in [-0.39, 0.29) is 15.2 Å². The monoisotopic (exact) mass is 474 g/mol. The molecule has 0 saturated heterocycles. The summed E-state index contributed by atoms with van der Waals surface area (Å²) in [6, 6.07) is 13.1. The highest BCUT2D eigenvalue weighted by atomic mass is 79.9. The van der Waals surface area contributed by atoms with E-state index in [1.54, 1.807) is 6.07 Å². The van der Waals surface area contributed by atoms with Gasteiger partial charge in [-0.3, -0.25) is 14.9 Å². The Morgan fingerprint density at radius 2 is 1.97 bits per heavy atom. The minimum atomic E-state index is -0.618. The smallest absolute Gasteiger partial charge is 0.358 e. The van der Waals surface area contributed by atoms with Crippen LogP contribution in [-0.2, 0) is 0 Å². The number of hydrogen-bond acceptors (Lipinski definition) is 6. The van der Waals surface area contributed by atoms with Crippen LogP contribution in [0.25, 0.3) is 21.7 Å². The van der Waals surface area contributed by atoms with Gasteiger partial charge in [-0.05, 0) is 56.9 Å². The van der Waals surface area contributed by atoms with Crippen LogP contribution in [0, 0.1) is 10.1 Å². The van der Waals surface area contributed by atoms with Crippen molar-refractivity contribution in [1.82, 2.24) is 4.98 Å². The second kappa shape index (κ2) is 9.15. The number of hydrogen-bond donors (Lipinski definition) is 2. The lowest BCUT2D eigenvalue weighted by Gasteiger charge is -2.15. The summed E-state index contributed by atoms with van der Waals surface area (Å²) in [6.07, 6.45) is 2.03. The second-order valence-corrected chi connectivity index (χ2v) is 8.06. The van der Waals surface area contributed by atoms with E-state index >= 15 is 0 Å². The number of nitro groups is 1. The molecule has 7 nitrogen and oxygen atoms in total. The van der Waals surface area contributed by atoms with Crippen molar-refractivity contribution in [3.63, 3.8) is 0 Å². The SMILES string of the molecule is CCCCNc1cc(-c2ccccc2)c(C(N)=O)c(-c2nc(Br)c([N+](=O)[O-])s2)c1. The quantitative estimate of drug-likeness (QED) is 0.255. The fraction of sp³-hybridized carbons (Fsp3) is 0.200. The van der Waals surface area contributed by atoms with Crippen molar-refractivity contribution in [1.29, 1.82) is 0 Å². The van der Waals surface area contributed by atoms with Gasteiger partial charge in [0.05, 0.1) is 10.5 Å². The summed E-state index contributed by atoms with van der Waals surface area (Å²) in [6.45, 7) is 2.87.